The zero-order valence-electron chi connectivity index (χ0n) is 10.4. The molecular formula is C12H14N4O2S. The third-order valence-electron chi connectivity index (χ3n) is 2.49. The molecule has 0 bridgehead atoms. The molecule has 0 aliphatic carbocycles. The van der Waals surface area contributed by atoms with Gasteiger partial charge in [-0.2, -0.15) is 0 Å². The van der Waals surface area contributed by atoms with Crippen molar-refractivity contribution in [1.29, 1.82) is 0 Å². The molecule has 0 aliphatic heterocycles. The van der Waals surface area contributed by atoms with E-state index in [0.29, 0.717) is 0 Å². The van der Waals surface area contributed by atoms with Gasteiger partial charge < -0.3 is 5.73 Å². The minimum atomic E-state index is -3.71. The second-order valence-corrected chi connectivity index (χ2v) is 5.71. The number of pyridine rings is 2. The van der Waals surface area contributed by atoms with Crippen LogP contribution in [0.1, 0.15) is 11.3 Å². The Morgan fingerprint density at radius 3 is 2.68 bits per heavy atom. The monoisotopic (exact) mass is 278 g/mol. The summed E-state index contributed by atoms with van der Waals surface area (Å²) in [6.07, 6.45) is 3.01. The molecule has 2 aromatic heterocycles. The molecule has 100 valence electrons. The summed E-state index contributed by atoms with van der Waals surface area (Å²) >= 11 is 0. The molecular weight excluding hydrogens is 264 g/mol. The predicted molar refractivity (Wildman–Crippen MR) is 71.6 cm³/mol. The van der Waals surface area contributed by atoms with Crippen molar-refractivity contribution in [1.82, 2.24) is 14.7 Å². The molecule has 2 heterocycles. The zero-order chi connectivity index (χ0) is 13.9. The Labute approximate surface area is 111 Å². The summed E-state index contributed by atoms with van der Waals surface area (Å²) in [4.78, 5) is 7.88. The minimum Gasteiger partial charge on any atom is -0.396 e. The number of nitrogen functional groups attached to an aromatic ring is 1. The number of hydrogen-bond acceptors (Lipinski definition) is 5. The first-order valence-electron chi connectivity index (χ1n) is 5.61. The zero-order valence-corrected chi connectivity index (χ0v) is 11.2. The van der Waals surface area contributed by atoms with Gasteiger partial charge in [-0.1, -0.05) is 6.07 Å². The largest absolute Gasteiger partial charge is 0.396 e. The summed E-state index contributed by atoms with van der Waals surface area (Å²) in [5, 5.41) is -0.157. The third kappa shape index (κ3) is 3.27. The van der Waals surface area contributed by atoms with Crippen LogP contribution in [0.25, 0.3) is 0 Å². The number of rotatable bonds is 4. The molecule has 0 spiro atoms. The highest BCUT2D eigenvalue weighted by Crippen LogP contribution is 2.14. The van der Waals surface area contributed by atoms with E-state index in [1.165, 1.54) is 12.3 Å². The molecule has 0 saturated carbocycles. The maximum atomic E-state index is 12.0. The van der Waals surface area contributed by atoms with Crippen LogP contribution in [0.2, 0.25) is 0 Å². The van der Waals surface area contributed by atoms with E-state index in [2.05, 4.69) is 14.7 Å². The van der Waals surface area contributed by atoms with Crippen LogP contribution in [0.5, 0.6) is 0 Å². The number of nitrogens with zero attached hydrogens (tertiary/aromatic N) is 2. The fourth-order valence-corrected chi connectivity index (χ4v) is 2.55. The number of anilines is 1. The van der Waals surface area contributed by atoms with Crippen molar-refractivity contribution in [3.05, 3.63) is 47.9 Å². The Balaban J connectivity index is 2.14. The highest BCUT2D eigenvalue weighted by atomic mass is 32.2. The Kier molecular flexibility index (Phi) is 3.77. The molecule has 2 rings (SSSR count). The van der Waals surface area contributed by atoms with Crippen molar-refractivity contribution >= 4 is 15.7 Å². The topological polar surface area (TPSA) is 98.0 Å². The van der Waals surface area contributed by atoms with Crippen LogP contribution < -0.4 is 10.5 Å². The average Bonchev–Trinajstić information content (AvgIpc) is 2.38. The van der Waals surface area contributed by atoms with Gasteiger partial charge in [-0.05, 0) is 30.7 Å². The van der Waals surface area contributed by atoms with Gasteiger partial charge >= 0.3 is 0 Å². The summed E-state index contributed by atoms with van der Waals surface area (Å²) in [7, 11) is -3.71. The molecule has 0 amide bonds. The first kappa shape index (κ1) is 13.4. The molecule has 0 aromatic carbocycles. The maximum Gasteiger partial charge on any atom is 0.260 e. The van der Waals surface area contributed by atoms with Crippen molar-refractivity contribution in [2.45, 2.75) is 18.5 Å². The van der Waals surface area contributed by atoms with Gasteiger partial charge in [0, 0.05) is 24.6 Å². The van der Waals surface area contributed by atoms with Crippen molar-refractivity contribution < 1.29 is 8.42 Å². The van der Waals surface area contributed by atoms with E-state index in [1.807, 2.05) is 19.1 Å². The average molecular weight is 278 g/mol. The van der Waals surface area contributed by atoms with Gasteiger partial charge in [0.05, 0.1) is 5.69 Å². The molecule has 0 atom stereocenters. The standard InChI is InChI=1S/C12H14N4O2S/c1-9-4-5-10(7-15-9)8-16-19(17,18)12-11(13)3-2-6-14-12/h2-7,16H,8,13H2,1H3. The Morgan fingerprint density at radius 1 is 1.26 bits per heavy atom. The summed E-state index contributed by atoms with van der Waals surface area (Å²) in [6, 6.07) is 6.71. The quantitative estimate of drug-likeness (QED) is 0.863. The number of nitrogens with two attached hydrogens (primary N) is 1. The van der Waals surface area contributed by atoms with Gasteiger partial charge in [0.2, 0.25) is 0 Å². The first-order valence-corrected chi connectivity index (χ1v) is 7.09. The lowest BCUT2D eigenvalue weighted by Gasteiger charge is -2.07. The Bertz CT molecular complexity index is 668. The molecule has 19 heavy (non-hydrogen) atoms. The van der Waals surface area contributed by atoms with Gasteiger partial charge in [0.15, 0.2) is 5.03 Å². The van der Waals surface area contributed by atoms with Gasteiger partial charge in [-0.3, -0.25) is 4.98 Å². The van der Waals surface area contributed by atoms with Gasteiger partial charge in [-0.25, -0.2) is 18.1 Å². The van der Waals surface area contributed by atoms with E-state index < -0.39 is 10.0 Å². The summed E-state index contributed by atoms with van der Waals surface area (Å²) < 4.78 is 26.5. The molecule has 0 fully saturated rings. The Morgan fingerprint density at radius 2 is 2.05 bits per heavy atom. The SMILES string of the molecule is Cc1ccc(CNS(=O)(=O)c2ncccc2N)cn1. The van der Waals surface area contributed by atoms with Crippen LogP contribution in [0, 0.1) is 6.92 Å². The van der Waals surface area contributed by atoms with Crippen LogP contribution in [-0.4, -0.2) is 18.4 Å². The number of hydrogen-bond donors (Lipinski definition) is 2. The first-order chi connectivity index (χ1) is 8.99. The lowest BCUT2D eigenvalue weighted by Crippen LogP contribution is -2.25. The molecule has 0 aliphatic rings. The van der Waals surface area contributed by atoms with E-state index in [9.17, 15) is 8.42 Å². The summed E-state index contributed by atoms with van der Waals surface area (Å²) in [5.41, 5.74) is 7.37. The van der Waals surface area contributed by atoms with E-state index in [0.717, 1.165) is 11.3 Å². The second-order valence-electron chi connectivity index (χ2n) is 4.03. The smallest absolute Gasteiger partial charge is 0.260 e. The van der Waals surface area contributed by atoms with Crippen molar-refractivity contribution in [2.75, 3.05) is 5.73 Å². The van der Waals surface area contributed by atoms with E-state index in [1.54, 1.807) is 12.3 Å². The van der Waals surface area contributed by atoms with Crippen LogP contribution in [0.3, 0.4) is 0 Å². The second kappa shape index (κ2) is 5.33. The van der Waals surface area contributed by atoms with Crippen LogP contribution in [0.15, 0.2) is 41.7 Å². The van der Waals surface area contributed by atoms with Gasteiger partial charge in [0.25, 0.3) is 10.0 Å². The molecule has 0 saturated heterocycles. The van der Waals surface area contributed by atoms with Crippen LogP contribution in [-0.2, 0) is 16.6 Å². The van der Waals surface area contributed by atoms with Gasteiger partial charge in [0.1, 0.15) is 0 Å². The van der Waals surface area contributed by atoms with Crippen molar-refractivity contribution in [3.8, 4) is 0 Å². The molecule has 0 unspecified atom stereocenters. The summed E-state index contributed by atoms with van der Waals surface area (Å²) in [6.45, 7) is 2.01. The van der Waals surface area contributed by atoms with Crippen LogP contribution >= 0.6 is 0 Å². The molecule has 3 N–H and O–H groups in total. The molecule has 7 heteroatoms. The lowest BCUT2D eigenvalue weighted by molar-refractivity contribution is 0.578. The highest BCUT2D eigenvalue weighted by molar-refractivity contribution is 7.89. The number of aryl methyl sites for hydroxylation is 1. The third-order valence-corrected chi connectivity index (χ3v) is 3.87. The fourth-order valence-electron chi connectivity index (χ4n) is 1.48. The maximum absolute atomic E-state index is 12.0. The minimum absolute atomic E-state index is 0.122. The summed E-state index contributed by atoms with van der Waals surface area (Å²) in [5.74, 6) is 0. The van der Waals surface area contributed by atoms with Crippen LogP contribution in [0.4, 0.5) is 5.69 Å². The normalized spacial score (nSPS) is 11.4. The fraction of sp³-hybridized carbons (Fsp3) is 0.167. The van der Waals surface area contributed by atoms with E-state index >= 15 is 0 Å². The van der Waals surface area contributed by atoms with Crippen molar-refractivity contribution in [3.63, 3.8) is 0 Å². The van der Waals surface area contributed by atoms with Crippen molar-refractivity contribution in [2.24, 2.45) is 0 Å². The molecule has 0 radical (unpaired) electrons. The van der Waals surface area contributed by atoms with E-state index in [4.69, 9.17) is 5.73 Å². The molecule has 2 aromatic rings. The number of sulfonamides is 1. The highest BCUT2D eigenvalue weighted by Gasteiger charge is 2.18. The Hall–Kier alpha value is -1.99. The number of aromatic nitrogens is 2. The lowest BCUT2D eigenvalue weighted by atomic mass is 10.2. The molecule has 6 nitrogen and oxygen atoms in total. The van der Waals surface area contributed by atoms with Gasteiger partial charge in [-0.15, -0.1) is 0 Å². The van der Waals surface area contributed by atoms with E-state index in [-0.39, 0.29) is 17.3 Å². The predicted octanol–water partition coefficient (Wildman–Crippen LogP) is 0.846. The number of nitrogens with one attached hydrogen (secondary N) is 1.